The number of nitrogens with zero attached hydrogens (tertiary/aromatic N) is 1. The summed E-state index contributed by atoms with van der Waals surface area (Å²) in [5.41, 5.74) is -0.0654. The molecule has 9 nitrogen and oxygen atoms in total. The SMILES string of the molecule is CCOC(=O)[C@H]1[C@@H]2OC3(CC2Br)C(C(=O)Nc2ccc(OC)cc2)N([C@H](CO)c2ccccc2)C(=O)[C@H]13. The van der Waals surface area contributed by atoms with Crippen molar-refractivity contribution in [2.75, 3.05) is 25.6 Å². The van der Waals surface area contributed by atoms with E-state index in [-0.39, 0.29) is 11.4 Å². The number of aliphatic hydroxyl groups is 1. The molecule has 7 atom stereocenters. The topological polar surface area (TPSA) is 114 Å². The number of anilines is 1. The lowest BCUT2D eigenvalue weighted by Gasteiger charge is -2.37. The summed E-state index contributed by atoms with van der Waals surface area (Å²) in [6.07, 6.45) is -0.246. The number of alkyl halides is 1. The fourth-order valence-electron chi connectivity index (χ4n) is 6.13. The number of esters is 1. The summed E-state index contributed by atoms with van der Waals surface area (Å²) in [7, 11) is 1.55. The summed E-state index contributed by atoms with van der Waals surface area (Å²) in [5.74, 6) is -2.51. The van der Waals surface area contributed by atoms with E-state index in [0.29, 0.717) is 23.4 Å². The van der Waals surface area contributed by atoms with Crippen molar-refractivity contribution in [2.45, 2.75) is 42.0 Å². The van der Waals surface area contributed by atoms with Gasteiger partial charge in [0.15, 0.2) is 0 Å². The van der Waals surface area contributed by atoms with Gasteiger partial charge in [-0.05, 0) is 43.2 Å². The molecule has 3 unspecified atom stereocenters. The summed E-state index contributed by atoms with van der Waals surface area (Å²) < 4.78 is 17.0. The first-order valence-corrected chi connectivity index (χ1v) is 13.2. The molecule has 196 valence electrons. The Morgan fingerprint density at radius 3 is 2.54 bits per heavy atom. The summed E-state index contributed by atoms with van der Waals surface area (Å²) in [4.78, 5) is 42.3. The van der Waals surface area contributed by atoms with Crippen LogP contribution in [0.15, 0.2) is 54.6 Å². The Morgan fingerprint density at radius 2 is 1.92 bits per heavy atom. The summed E-state index contributed by atoms with van der Waals surface area (Å²) in [6.45, 7) is 1.46. The fraction of sp³-hybridized carbons (Fsp3) is 0.444. The molecule has 5 rings (SSSR count). The van der Waals surface area contributed by atoms with Gasteiger partial charge in [0, 0.05) is 10.5 Å². The van der Waals surface area contributed by atoms with Gasteiger partial charge >= 0.3 is 5.97 Å². The van der Waals surface area contributed by atoms with Crippen LogP contribution in [0.5, 0.6) is 5.75 Å². The van der Waals surface area contributed by atoms with Crippen LogP contribution in [0.3, 0.4) is 0 Å². The minimum Gasteiger partial charge on any atom is -0.497 e. The molecule has 0 radical (unpaired) electrons. The maximum absolute atomic E-state index is 14.1. The predicted molar refractivity (Wildman–Crippen MR) is 137 cm³/mol. The smallest absolute Gasteiger partial charge is 0.312 e. The van der Waals surface area contributed by atoms with E-state index in [1.165, 1.54) is 4.90 Å². The third kappa shape index (κ3) is 4.11. The molecule has 2 amide bonds. The first kappa shape index (κ1) is 25.7. The minimum atomic E-state index is -1.26. The molecule has 1 spiro atoms. The minimum absolute atomic E-state index is 0.164. The molecule has 0 saturated carbocycles. The molecule has 0 aliphatic carbocycles. The third-order valence-electron chi connectivity index (χ3n) is 7.58. The average Bonchev–Trinajstić information content (AvgIpc) is 3.49. The number of benzene rings is 2. The molecule has 0 aromatic heterocycles. The molecule has 3 aliphatic rings. The summed E-state index contributed by atoms with van der Waals surface area (Å²) >= 11 is 3.63. The standard InChI is InChI=1S/C27H29BrN2O7/c1-3-36-26(34)20-21-25(33)30(19(14-31)15-7-5-4-6-8-15)23(27(21)13-18(28)22(20)37-27)24(32)29-16-9-11-17(35-2)12-10-16/h4-12,18-23,31H,3,13-14H2,1-2H3,(H,29,32)/t18?,19-,20-,21+,22-,23?,27?/m1/s1. The van der Waals surface area contributed by atoms with Crippen molar-refractivity contribution in [3.05, 3.63) is 60.2 Å². The van der Waals surface area contributed by atoms with Crippen LogP contribution < -0.4 is 10.1 Å². The van der Waals surface area contributed by atoms with Crippen LogP contribution >= 0.6 is 15.9 Å². The average molecular weight is 573 g/mol. The Hall–Kier alpha value is -2.95. The van der Waals surface area contributed by atoms with Gasteiger partial charge < -0.3 is 29.5 Å². The van der Waals surface area contributed by atoms with Crippen molar-refractivity contribution in [1.29, 1.82) is 0 Å². The van der Waals surface area contributed by atoms with Crippen molar-refractivity contribution >= 4 is 39.4 Å². The van der Waals surface area contributed by atoms with Gasteiger partial charge in [-0.1, -0.05) is 46.3 Å². The molecule has 2 bridgehead atoms. The number of nitrogens with one attached hydrogen (secondary N) is 1. The zero-order valence-electron chi connectivity index (χ0n) is 20.5. The second-order valence-electron chi connectivity index (χ2n) is 9.49. The van der Waals surface area contributed by atoms with E-state index in [1.807, 2.05) is 18.2 Å². The number of ether oxygens (including phenoxy) is 3. The number of likely N-dealkylation sites (tertiary alicyclic amines) is 1. The van der Waals surface area contributed by atoms with Gasteiger partial charge in [-0.3, -0.25) is 14.4 Å². The zero-order valence-corrected chi connectivity index (χ0v) is 22.1. The second kappa shape index (κ2) is 10.1. The lowest BCUT2D eigenvalue weighted by molar-refractivity contribution is -0.155. The number of rotatable bonds is 8. The maximum atomic E-state index is 14.1. The van der Waals surface area contributed by atoms with Crippen molar-refractivity contribution in [3.8, 4) is 5.75 Å². The Balaban J connectivity index is 1.58. The first-order chi connectivity index (χ1) is 17.9. The van der Waals surface area contributed by atoms with Crippen molar-refractivity contribution in [2.24, 2.45) is 11.8 Å². The number of hydrogen-bond acceptors (Lipinski definition) is 7. The zero-order chi connectivity index (χ0) is 26.3. The summed E-state index contributed by atoms with van der Waals surface area (Å²) in [5, 5.41) is 13.4. The molecule has 37 heavy (non-hydrogen) atoms. The number of aliphatic hydroxyl groups excluding tert-OH is 1. The molecule has 2 aromatic carbocycles. The second-order valence-corrected chi connectivity index (χ2v) is 10.7. The number of carbonyl (C=O) groups excluding carboxylic acids is 3. The normalized spacial score (nSPS) is 30.6. The highest BCUT2D eigenvalue weighted by atomic mass is 79.9. The van der Waals surface area contributed by atoms with Crippen LogP contribution in [-0.4, -0.2) is 70.7 Å². The van der Waals surface area contributed by atoms with Gasteiger partial charge in [0.05, 0.1) is 44.3 Å². The van der Waals surface area contributed by atoms with Crippen LogP contribution in [0.1, 0.15) is 24.9 Å². The number of hydrogen-bond donors (Lipinski definition) is 2. The van der Waals surface area contributed by atoms with Crippen LogP contribution in [0.2, 0.25) is 0 Å². The van der Waals surface area contributed by atoms with Crippen molar-refractivity contribution in [3.63, 3.8) is 0 Å². The number of carbonyl (C=O) groups is 3. The third-order valence-corrected chi connectivity index (χ3v) is 8.43. The molecular formula is C27H29BrN2O7. The molecule has 3 fully saturated rings. The number of methoxy groups -OCH3 is 1. The van der Waals surface area contributed by atoms with Crippen molar-refractivity contribution in [1.82, 2.24) is 4.90 Å². The number of fused-ring (bicyclic) bond motifs is 1. The Labute approximate surface area is 223 Å². The maximum Gasteiger partial charge on any atom is 0.312 e. The highest BCUT2D eigenvalue weighted by Crippen LogP contribution is 2.61. The van der Waals surface area contributed by atoms with Gasteiger partial charge in [-0.25, -0.2) is 0 Å². The van der Waals surface area contributed by atoms with Gasteiger partial charge in [0.1, 0.15) is 17.4 Å². The highest BCUT2D eigenvalue weighted by Gasteiger charge is 2.77. The van der Waals surface area contributed by atoms with E-state index in [2.05, 4.69) is 21.2 Å². The van der Waals surface area contributed by atoms with Gasteiger partial charge in [0.2, 0.25) is 11.8 Å². The van der Waals surface area contributed by atoms with Crippen LogP contribution in [0.25, 0.3) is 0 Å². The van der Waals surface area contributed by atoms with Crippen molar-refractivity contribution < 1.29 is 33.7 Å². The van der Waals surface area contributed by atoms with Gasteiger partial charge in [0.25, 0.3) is 0 Å². The van der Waals surface area contributed by atoms with E-state index in [9.17, 15) is 19.5 Å². The number of halogens is 1. The molecule has 10 heteroatoms. The molecule has 3 saturated heterocycles. The Bertz CT molecular complexity index is 1180. The first-order valence-electron chi connectivity index (χ1n) is 12.3. The van der Waals surface area contributed by atoms with E-state index >= 15 is 0 Å². The van der Waals surface area contributed by atoms with Gasteiger partial charge in [-0.15, -0.1) is 0 Å². The largest absolute Gasteiger partial charge is 0.497 e. The number of amides is 2. The van der Waals surface area contributed by atoms with Crippen LogP contribution in [-0.2, 0) is 23.9 Å². The van der Waals surface area contributed by atoms with E-state index < -0.39 is 60.0 Å². The fourth-order valence-corrected chi connectivity index (χ4v) is 7.07. The van der Waals surface area contributed by atoms with Crippen LogP contribution in [0.4, 0.5) is 5.69 Å². The molecule has 2 aromatic rings. The molecular weight excluding hydrogens is 544 g/mol. The van der Waals surface area contributed by atoms with E-state index in [0.717, 1.165) is 0 Å². The van der Waals surface area contributed by atoms with Gasteiger partial charge in [-0.2, -0.15) is 0 Å². The molecule has 2 N–H and O–H groups in total. The van der Waals surface area contributed by atoms with E-state index in [1.54, 1.807) is 50.4 Å². The molecule has 3 heterocycles. The van der Waals surface area contributed by atoms with Crippen LogP contribution in [0, 0.1) is 11.8 Å². The summed E-state index contributed by atoms with van der Waals surface area (Å²) in [6, 6.07) is 14.0. The highest BCUT2D eigenvalue weighted by molar-refractivity contribution is 9.09. The Morgan fingerprint density at radius 1 is 1.22 bits per heavy atom. The monoisotopic (exact) mass is 572 g/mol. The molecule has 3 aliphatic heterocycles. The van der Waals surface area contributed by atoms with E-state index in [4.69, 9.17) is 14.2 Å². The lowest BCUT2D eigenvalue weighted by Crippen LogP contribution is -2.54. The predicted octanol–water partition coefficient (Wildman–Crippen LogP) is 2.68. The lowest BCUT2D eigenvalue weighted by atomic mass is 9.70. The Kier molecular flexibility index (Phi) is 6.99. The quantitative estimate of drug-likeness (QED) is 0.369.